The fourth-order valence-electron chi connectivity index (χ4n) is 10.8. The molecule has 0 radical (unpaired) electrons. The van der Waals surface area contributed by atoms with Crippen molar-refractivity contribution >= 4 is 38.8 Å². The molecule has 4 heterocycles. The van der Waals surface area contributed by atoms with Gasteiger partial charge >= 0.3 is 0 Å². The van der Waals surface area contributed by atoms with Gasteiger partial charge in [-0.15, -0.1) is 0 Å². The first-order chi connectivity index (χ1) is 27.0. The van der Waals surface area contributed by atoms with Crippen LogP contribution in [0.15, 0.2) is 48.6 Å². The highest BCUT2D eigenvalue weighted by molar-refractivity contribution is 7.99. The number of nitrogens with zero attached hydrogens (tertiary/aromatic N) is 3. The molecule has 2 aromatic carbocycles. The van der Waals surface area contributed by atoms with E-state index in [4.69, 9.17) is 25.8 Å². The second kappa shape index (κ2) is 16.6. The Bertz CT molecular complexity index is 1890. The maximum atomic E-state index is 14.2. The van der Waals surface area contributed by atoms with E-state index in [1.54, 1.807) is 13.2 Å². The first-order valence-electron chi connectivity index (χ1n) is 21.2. The highest BCUT2D eigenvalue weighted by Crippen LogP contribution is 2.49. The highest BCUT2D eigenvalue weighted by Gasteiger charge is 2.50. The Kier molecular flexibility index (Phi) is 11.9. The predicted molar refractivity (Wildman–Crippen MR) is 228 cm³/mol. The first-order valence-corrected chi connectivity index (χ1v) is 23.4. The minimum absolute atomic E-state index is 0.0180. The number of fused-ring (bicyclic) bond motifs is 5. The predicted octanol–water partition coefficient (Wildman–Crippen LogP) is 6.76. The van der Waals surface area contributed by atoms with Crippen molar-refractivity contribution in [1.82, 2.24) is 14.5 Å². The Balaban J connectivity index is 1.20. The van der Waals surface area contributed by atoms with Gasteiger partial charge < -0.3 is 19.1 Å². The number of carbonyl (C=O) groups is 1. The summed E-state index contributed by atoms with van der Waals surface area (Å²) in [6.07, 6.45) is 14.5. The van der Waals surface area contributed by atoms with Crippen LogP contribution in [-0.2, 0) is 31.0 Å². The first kappa shape index (κ1) is 40.2. The zero-order chi connectivity index (χ0) is 39.1. The van der Waals surface area contributed by atoms with Crippen LogP contribution in [0.5, 0.6) is 5.75 Å². The van der Waals surface area contributed by atoms with E-state index in [1.165, 1.54) is 36.9 Å². The lowest BCUT2D eigenvalue weighted by Crippen LogP contribution is -2.61. The van der Waals surface area contributed by atoms with Crippen molar-refractivity contribution < 1.29 is 23.2 Å². The summed E-state index contributed by atoms with van der Waals surface area (Å²) in [5.41, 5.74) is 3.25. The van der Waals surface area contributed by atoms with Gasteiger partial charge in [0, 0.05) is 73.7 Å². The summed E-state index contributed by atoms with van der Waals surface area (Å²) in [6.45, 7) is 12.5. The molecule has 2 aromatic rings. The van der Waals surface area contributed by atoms with Crippen molar-refractivity contribution in [2.45, 2.75) is 93.9 Å². The van der Waals surface area contributed by atoms with E-state index in [1.807, 2.05) is 25.1 Å². The lowest BCUT2D eigenvalue weighted by atomic mass is 9.63. The van der Waals surface area contributed by atoms with Crippen LogP contribution in [0.1, 0.15) is 86.7 Å². The van der Waals surface area contributed by atoms with Gasteiger partial charge in [-0.3, -0.25) is 19.3 Å². The molecule has 6 aliphatic rings. The van der Waals surface area contributed by atoms with Crippen LogP contribution >= 0.6 is 11.6 Å². The number of carbonyl (C=O) groups excluding carboxylic acids is 1. The van der Waals surface area contributed by atoms with Crippen molar-refractivity contribution in [2.24, 2.45) is 17.8 Å². The number of methoxy groups -OCH3 is 1. The van der Waals surface area contributed by atoms with E-state index in [-0.39, 0.29) is 28.4 Å². The van der Waals surface area contributed by atoms with Crippen LogP contribution in [0.25, 0.3) is 0 Å². The van der Waals surface area contributed by atoms with Crippen LogP contribution in [-0.4, -0.2) is 115 Å². The number of piperazine rings is 1. The lowest BCUT2D eigenvalue weighted by Gasteiger charge is -2.53. The Morgan fingerprint density at radius 1 is 1.04 bits per heavy atom. The molecule has 0 aromatic heterocycles. The van der Waals surface area contributed by atoms with Gasteiger partial charge in [-0.25, -0.2) is 4.21 Å². The second-order valence-corrected chi connectivity index (χ2v) is 20.8. The van der Waals surface area contributed by atoms with Crippen molar-refractivity contribution in [3.8, 4) is 5.75 Å². The standard InChI is InChI=1S/C45H63ClN4O5S/c1-32-9-7-19-45(55-24-23-53-3,30-48-21-22-49-20-6-5-11-38(49)28-48)40-15-12-36(40)27-50-29-44(18-8-10-34-25-37(46)14-16-39(34)44)31-54-42-17-13-35(26-41(42)50)43(51)47-56(4,52)33(32)2/h7,13-14,16-17,19,25-26,32-33,36,38,40H,4-6,8-12,15,18,20-24,27-31H2,1-3H3,(H,47,51,52)/b19-7+/t32-,33+,36-,38+,40+,44-,45-,56?/m0/s1. The molecule has 2 aliphatic carbocycles. The van der Waals surface area contributed by atoms with E-state index in [0.29, 0.717) is 43.8 Å². The molecule has 8 atom stereocenters. The number of allylic oxidation sites excluding steroid dienone is 1. The van der Waals surface area contributed by atoms with Crippen LogP contribution in [0.2, 0.25) is 5.02 Å². The number of halogens is 1. The number of ether oxygens (including phenoxy) is 3. The maximum absolute atomic E-state index is 14.2. The normalized spacial score (nSPS) is 35.9. The molecule has 1 spiro atoms. The van der Waals surface area contributed by atoms with Gasteiger partial charge in [0.05, 0.1) is 35.2 Å². The smallest absolute Gasteiger partial charge is 0.262 e. The molecule has 1 saturated carbocycles. The third-order valence-corrected chi connectivity index (χ3v) is 16.9. The van der Waals surface area contributed by atoms with Crippen LogP contribution in [0, 0.1) is 17.8 Å². The average Bonchev–Trinajstić information content (AvgIpc) is 3.32. The number of hydrogen-bond donors (Lipinski definition) is 1. The summed E-state index contributed by atoms with van der Waals surface area (Å²) in [5, 5.41) is 0.425. The minimum atomic E-state index is -2.98. The minimum Gasteiger partial charge on any atom is -0.490 e. The lowest BCUT2D eigenvalue weighted by molar-refractivity contribution is -0.127. The quantitative estimate of drug-likeness (QED) is 0.195. The Hall–Kier alpha value is -2.60. The van der Waals surface area contributed by atoms with Gasteiger partial charge in [-0.1, -0.05) is 43.2 Å². The number of piperidine rings is 1. The molecule has 2 saturated heterocycles. The van der Waals surface area contributed by atoms with Crippen LogP contribution in [0.3, 0.4) is 0 Å². The molecular formula is C45H63ClN4O5S. The summed E-state index contributed by atoms with van der Waals surface area (Å²) in [4.78, 5) is 21.8. The summed E-state index contributed by atoms with van der Waals surface area (Å²) in [7, 11) is -1.23. The molecule has 2 bridgehead atoms. The molecule has 8 rings (SSSR count). The van der Waals surface area contributed by atoms with Crippen molar-refractivity contribution in [2.75, 3.05) is 77.6 Å². The number of rotatable bonds is 6. The summed E-state index contributed by atoms with van der Waals surface area (Å²) in [6, 6.07) is 12.7. The van der Waals surface area contributed by atoms with Crippen LogP contribution in [0.4, 0.5) is 5.69 Å². The van der Waals surface area contributed by atoms with Gasteiger partial charge in [-0.05, 0) is 130 Å². The maximum Gasteiger partial charge on any atom is 0.262 e. The Labute approximate surface area is 340 Å². The third-order valence-electron chi connectivity index (χ3n) is 14.4. The zero-order valence-electron chi connectivity index (χ0n) is 33.8. The highest BCUT2D eigenvalue weighted by atomic mass is 35.5. The van der Waals surface area contributed by atoms with E-state index in [0.717, 1.165) is 87.8 Å². The Morgan fingerprint density at radius 3 is 2.73 bits per heavy atom. The molecule has 1 unspecified atom stereocenters. The molecule has 4 aliphatic heterocycles. The van der Waals surface area contributed by atoms with Gasteiger partial charge in [0.25, 0.3) is 5.91 Å². The average molecular weight is 808 g/mol. The van der Waals surface area contributed by atoms with E-state index < -0.39 is 15.3 Å². The van der Waals surface area contributed by atoms with Gasteiger partial charge in [0.2, 0.25) is 0 Å². The third kappa shape index (κ3) is 8.04. The number of anilines is 1. The van der Waals surface area contributed by atoms with Crippen molar-refractivity contribution in [1.29, 1.82) is 0 Å². The second-order valence-electron chi connectivity index (χ2n) is 17.9. The molecular weight excluding hydrogens is 744 g/mol. The summed E-state index contributed by atoms with van der Waals surface area (Å²) < 4.78 is 36.7. The molecule has 9 nitrogen and oxygen atoms in total. The molecule has 56 heavy (non-hydrogen) atoms. The summed E-state index contributed by atoms with van der Waals surface area (Å²) in [5.74, 6) is 5.18. The van der Waals surface area contributed by atoms with E-state index >= 15 is 0 Å². The summed E-state index contributed by atoms with van der Waals surface area (Å²) >= 11 is 6.56. The molecule has 1 amide bonds. The van der Waals surface area contributed by atoms with Gasteiger partial charge in [0.1, 0.15) is 11.4 Å². The van der Waals surface area contributed by atoms with Crippen molar-refractivity contribution in [3.63, 3.8) is 0 Å². The number of amides is 1. The van der Waals surface area contributed by atoms with Crippen molar-refractivity contribution in [3.05, 3.63) is 70.3 Å². The van der Waals surface area contributed by atoms with E-state index in [9.17, 15) is 9.00 Å². The molecule has 306 valence electrons. The number of benzene rings is 2. The molecule has 11 heteroatoms. The largest absolute Gasteiger partial charge is 0.490 e. The molecule has 3 fully saturated rings. The van der Waals surface area contributed by atoms with Gasteiger partial charge in [0.15, 0.2) is 0 Å². The molecule has 1 N–H and O–H groups in total. The van der Waals surface area contributed by atoms with Gasteiger partial charge in [-0.2, -0.15) is 0 Å². The number of nitrogens with one attached hydrogen (secondary N) is 1. The fraction of sp³-hybridized carbons (Fsp3) is 0.644. The monoisotopic (exact) mass is 806 g/mol. The fourth-order valence-corrected chi connectivity index (χ4v) is 12.5. The topological polar surface area (TPSA) is 83.6 Å². The number of hydrogen-bond acceptors (Lipinski definition) is 8. The Morgan fingerprint density at radius 2 is 1.91 bits per heavy atom. The van der Waals surface area contributed by atoms with E-state index in [2.05, 4.69) is 56.5 Å². The number of aryl methyl sites for hydroxylation is 1. The zero-order valence-corrected chi connectivity index (χ0v) is 35.4. The SMILES string of the molecule is C=S1(=O)NC(=O)c2ccc3c(c2)N(C[C@@H]2CC[C@H]2[C@](CN2CCN4CCCC[C@@H]4C2)(OCCOC)/C=C/C[C@H](C)[C@H]1C)C[C@@]1(CCCc2cc(Cl)ccc21)CO3. The van der Waals surface area contributed by atoms with Crippen LogP contribution < -0.4 is 14.4 Å².